The van der Waals surface area contributed by atoms with Gasteiger partial charge in [-0.1, -0.05) is 23.5 Å². The third-order valence-corrected chi connectivity index (χ3v) is 6.57. The number of halogens is 1. The molecule has 8 heteroatoms. The second-order valence-electron chi connectivity index (χ2n) is 7.75. The molecule has 1 atom stereocenters. The van der Waals surface area contributed by atoms with Gasteiger partial charge in [-0.25, -0.2) is 14.4 Å². The van der Waals surface area contributed by atoms with Crippen molar-refractivity contribution in [3.05, 3.63) is 72.2 Å². The number of nitrogens with zero attached hydrogens (tertiary/aromatic N) is 3. The van der Waals surface area contributed by atoms with Gasteiger partial charge in [0, 0.05) is 36.1 Å². The van der Waals surface area contributed by atoms with Gasteiger partial charge in [-0.05, 0) is 55.0 Å². The van der Waals surface area contributed by atoms with Gasteiger partial charge >= 0.3 is 0 Å². The van der Waals surface area contributed by atoms with Gasteiger partial charge in [0.05, 0.1) is 5.92 Å². The number of fused-ring (bicyclic) bond motifs is 1. The highest BCUT2D eigenvalue weighted by Crippen LogP contribution is 2.32. The van der Waals surface area contributed by atoms with E-state index in [1.54, 1.807) is 18.3 Å². The minimum absolute atomic E-state index is 0.117. The smallest absolute Gasteiger partial charge is 0.229 e. The van der Waals surface area contributed by atoms with E-state index in [4.69, 9.17) is 0 Å². The van der Waals surface area contributed by atoms with Crippen molar-refractivity contribution in [1.82, 2.24) is 9.97 Å². The molecule has 1 fully saturated rings. The fourth-order valence-corrected chi connectivity index (χ4v) is 4.68. The molecule has 0 bridgehead atoms. The first-order valence-electron chi connectivity index (χ1n) is 10.2. The van der Waals surface area contributed by atoms with Crippen molar-refractivity contribution >= 4 is 44.9 Å². The molecule has 160 valence electrons. The summed E-state index contributed by atoms with van der Waals surface area (Å²) in [4.78, 5) is 36.8. The molecule has 0 aliphatic carbocycles. The normalized spacial score (nSPS) is 16.0. The van der Waals surface area contributed by atoms with E-state index < -0.39 is 5.92 Å². The second-order valence-corrected chi connectivity index (χ2v) is 8.72. The van der Waals surface area contributed by atoms with E-state index in [0.717, 1.165) is 26.5 Å². The van der Waals surface area contributed by atoms with E-state index in [-0.39, 0.29) is 30.6 Å². The highest BCUT2D eigenvalue weighted by Gasteiger charge is 2.35. The maximum absolute atomic E-state index is 13.2. The molecule has 0 spiro atoms. The Kier molecular flexibility index (Phi) is 5.14. The minimum Gasteiger partial charge on any atom is -0.326 e. The Bertz CT molecular complexity index is 1300. The van der Waals surface area contributed by atoms with E-state index in [9.17, 15) is 14.0 Å². The lowest BCUT2D eigenvalue weighted by Crippen LogP contribution is -2.28. The Balaban J connectivity index is 1.34. The molecule has 1 saturated heterocycles. The van der Waals surface area contributed by atoms with Gasteiger partial charge in [0.25, 0.3) is 0 Å². The summed E-state index contributed by atoms with van der Waals surface area (Å²) in [5.41, 5.74) is 3.93. The predicted octanol–water partition coefficient (Wildman–Crippen LogP) is 4.80. The lowest BCUT2D eigenvalue weighted by atomic mass is 10.1. The molecule has 3 heterocycles. The Morgan fingerprint density at radius 3 is 2.78 bits per heavy atom. The number of hydrogen-bond donors (Lipinski definition) is 1. The number of nitrogens with one attached hydrogen (secondary N) is 1. The summed E-state index contributed by atoms with van der Waals surface area (Å²) in [5, 5.41) is 3.81. The van der Waals surface area contributed by atoms with Crippen LogP contribution in [0.15, 0.2) is 60.8 Å². The zero-order chi connectivity index (χ0) is 22.2. The van der Waals surface area contributed by atoms with E-state index >= 15 is 0 Å². The van der Waals surface area contributed by atoms with Crippen molar-refractivity contribution in [2.24, 2.45) is 5.92 Å². The van der Waals surface area contributed by atoms with Crippen LogP contribution in [0.2, 0.25) is 0 Å². The van der Waals surface area contributed by atoms with Crippen LogP contribution in [0.3, 0.4) is 0 Å². The predicted molar refractivity (Wildman–Crippen MR) is 123 cm³/mol. The first kappa shape index (κ1) is 20.3. The number of benzene rings is 2. The molecule has 2 aromatic carbocycles. The third-order valence-electron chi connectivity index (χ3n) is 5.54. The molecule has 6 nitrogen and oxygen atoms in total. The van der Waals surface area contributed by atoms with Crippen molar-refractivity contribution in [3.8, 4) is 10.6 Å². The summed E-state index contributed by atoms with van der Waals surface area (Å²) in [7, 11) is 0. The number of hydrogen-bond acceptors (Lipinski definition) is 5. The average molecular weight is 447 g/mol. The van der Waals surface area contributed by atoms with Crippen molar-refractivity contribution in [2.45, 2.75) is 13.3 Å². The number of aromatic nitrogens is 2. The zero-order valence-corrected chi connectivity index (χ0v) is 18.0. The SMILES string of the molecule is Cc1ccc(-c2nc3cccnc3s2)cc1NC(=O)C1CC(=O)N(c2ccc(F)cc2)C1. The van der Waals surface area contributed by atoms with Crippen LogP contribution in [-0.2, 0) is 9.59 Å². The van der Waals surface area contributed by atoms with Gasteiger partial charge in [0.15, 0.2) is 0 Å². The van der Waals surface area contributed by atoms with Crippen LogP contribution in [0.25, 0.3) is 20.9 Å². The standard InChI is InChI=1S/C24H19FN4O2S/c1-14-4-5-15(23-28-19-3-2-10-26-24(19)32-23)11-20(14)27-22(31)16-12-21(30)29(13-16)18-8-6-17(25)7-9-18/h2-11,16H,12-13H2,1H3,(H,27,31). The molecular formula is C24H19FN4O2S. The monoisotopic (exact) mass is 446 g/mol. The summed E-state index contributed by atoms with van der Waals surface area (Å²) in [6.07, 6.45) is 1.86. The summed E-state index contributed by atoms with van der Waals surface area (Å²) in [6.45, 7) is 2.18. The van der Waals surface area contributed by atoms with Crippen LogP contribution < -0.4 is 10.2 Å². The summed E-state index contributed by atoms with van der Waals surface area (Å²) < 4.78 is 13.2. The quantitative estimate of drug-likeness (QED) is 0.489. The Morgan fingerprint density at radius 2 is 2.00 bits per heavy atom. The van der Waals surface area contributed by atoms with Crippen molar-refractivity contribution < 1.29 is 14.0 Å². The summed E-state index contributed by atoms with van der Waals surface area (Å²) >= 11 is 1.50. The van der Waals surface area contributed by atoms with Crippen LogP contribution in [-0.4, -0.2) is 28.3 Å². The molecule has 1 unspecified atom stereocenters. The van der Waals surface area contributed by atoms with Gasteiger partial charge in [-0.3, -0.25) is 9.59 Å². The Morgan fingerprint density at radius 1 is 1.19 bits per heavy atom. The maximum Gasteiger partial charge on any atom is 0.229 e. The molecule has 5 rings (SSSR count). The number of rotatable bonds is 4. The van der Waals surface area contributed by atoms with E-state index in [1.807, 2.05) is 37.3 Å². The van der Waals surface area contributed by atoms with Gasteiger partial charge in [0.2, 0.25) is 11.8 Å². The van der Waals surface area contributed by atoms with Crippen LogP contribution in [0.4, 0.5) is 15.8 Å². The summed E-state index contributed by atoms with van der Waals surface area (Å²) in [5.74, 6) is -1.21. The van der Waals surface area contributed by atoms with Crippen LogP contribution in [0.5, 0.6) is 0 Å². The third kappa shape index (κ3) is 3.85. The molecule has 2 aromatic heterocycles. The van der Waals surface area contributed by atoms with Gasteiger partial charge in [-0.2, -0.15) is 0 Å². The van der Waals surface area contributed by atoms with Gasteiger partial charge < -0.3 is 10.2 Å². The first-order valence-corrected chi connectivity index (χ1v) is 11.0. The van der Waals surface area contributed by atoms with Crippen molar-refractivity contribution in [2.75, 3.05) is 16.8 Å². The zero-order valence-electron chi connectivity index (χ0n) is 17.2. The van der Waals surface area contributed by atoms with E-state index in [2.05, 4.69) is 15.3 Å². The molecule has 2 amide bonds. The highest BCUT2D eigenvalue weighted by atomic mass is 32.1. The van der Waals surface area contributed by atoms with Crippen LogP contribution in [0.1, 0.15) is 12.0 Å². The molecule has 0 radical (unpaired) electrons. The van der Waals surface area contributed by atoms with E-state index in [1.165, 1.54) is 28.4 Å². The van der Waals surface area contributed by atoms with Crippen LogP contribution >= 0.6 is 11.3 Å². The number of pyridine rings is 1. The number of anilines is 2. The molecule has 1 N–H and O–H groups in total. The Hall–Kier alpha value is -3.65. The molecule has 0 saturated carbocycles. The van der Waals surface area contributed by atoms with Gasteiger partial charge in [0.1, 0.15) is 21.2 Å². The molecule has 1 aliphatic rings. The fourth-order valence-electron chi connectivity index (χ4n) is 3.77. The lowest BCUT2D eigenvalue weighted by Gasteiger charge is -2.17. The second kappa shape index (κ2) is 8.12. The minimum atomic E-state index is -0.484. The topological polar surface area (TPSA) is 75.2 Å². The van der Waals surface area contributed by atoms with Gasteiger partial charge in [-0.15, -0.1) is 0 Å². The molecule has 1 aliphatic heterocycles. The maximum atomic E-state index is 13.2. The van der Waals surface area contributed by atoms with Crippen molar-refractivity contribution in [3.63, 3.8) is 0 Å². The molecule has 4 aromatic rings. The number of carbonyl (C=O) groups is 2. The molecular weight excluding hydrogens is 427 g/mol. The Labute approximate surface area is 187 Å². The number of aryl methyl sites for hydroxylation is 1. The van der Waals surface area contributed by atoms with E-state index in [0.29, 0.717) is 11.4 Å². The van der Waals surface area contributed by atoms with Crippen molar-refractivity contribution in [1.29, 1.82) is 0 Å². The lowest BCUT2D eigenvalue weighted by molar-refractivity contribution is -0.122. The first-order chi connectivity index (χ1) is 15.5. The number of thiazole rings is 1. The number of carbonyl (C=O) groups excluding carboxylic acids is 2. The summed E-state index contributed by atoms with van der Waals surface area (Å²) in [6, 6.07) is 15.3. The average Bonchev–Trinajstić information content (AvgIpc) is 3.39. The fraction of sp³-hybridized carbons (Fsp3) is 0.167. The molecule has 32 heavy (non-hydrogen) atoms. The number of amides is 2. The highest BCUT2D eigenvalue weighted by molar-refractivity contribution is 7.21. The van der Waals surface area contributed by atoms with Crippen LogP contribution in [0, 0.1) is 18.7 Å². The largest absolute Gasteiger partial charge is 0.326 e.